The Morgan fingerprint density at radius 3 is 2.75 bits per heavy atom. The van der Waals surface area contributed by atoms with Gasteiger partial charge in [0.25, 0.3) is 5.91 Å². The van der Waals surface area contributed by atoms with Crippen LogP contribution in [0.4, 0.5) is 4.39 Å². The monoisotopic (exact) mass is 284 g/mol. The van der Waals surface area contributed by atoms with E-state index >= 15 is 0 Å². The van der Waals surface area contributed by atoms with Crippen molar-refractivity contribution in [3.63, 3.8) is 0 Å². The Labute approximate surface area is 101 Å². The largest absolute Gasteiger partial charge is 0.334 e. The first-order valence-electron chi connectivity index (χ1n) is 4.54. The number of hydrogen-bond donors (Lipinski definition) is 1. The molecule has 0 spiro atoms. The van der Waals surface area contributed by atoms with Crippen LogP contribution in [0.1, 0.15) is 24.2 Å². The van der Waals surface area contributed by atoms with E-state index in [1.165, 1.54) is 12.1 Å². The molecule has 0 saturated carbocycles. The molecule has 1 aromatic carbocycles. The molecule has 1 rings (SSSR count). The average molecular weight is 285 g/mol. The average Bonchev–Trinajstić information content (AvgIpc) is 2.21. The SMILES string of the molecule is CC(C)(C#N)NC(=O)c1cc(F)ccc1Br. The van der Waals surface area contributed by atoms with E-state index in [2.05, 4.69) is 21.2 Å². The van der Waals surface area contributed by atoms with Gasteiger partial charge in [0.05, 0.1) is 11.6 Å². The van der Waals surface area contributed by atoms with Crippen LogP contribution in [0.5, 0.6) is 0 Å². The molecule has 16 heavy (non-hydrogen) atoms. The molecule has 0 aromatic heterocycles. The van der Waals surface area contributed by atoms with Crippen molar-refractivity contribution in [3.05, 3.63) is 34.1 Å². The van der Waals surface area contributed by atoms with Gasteiger partial charge in [-0.3, -0.25) is 4.79 Å². The minimum atomic E-state index is -0.983. The summed E-state index contributed by atoms with van der Waals surface area (Å²) in [6, 6.07) is 5.75. The van der Waals surface area contributed by atoms with Crippen LogP contribution in [0.3, 0.4) is 0 Å². The third kappa shape index (κ3) is 3.04. The molecule has 0 aliphatic heterocycles. The number of hydrogen-bond acceptors (Lipinski definition) is 2. The normalized spacial score (nSPS) is 10.7. The number of rotatable bonds is 2. The summed E-state index contributed by atoms with van der Waals surface area (Å²) in [6.45, 7) is 3.14. The van der Waals surface area contributed by atoms with Crippen molar-refractivity contribution in [2.75, 3.05) is 0 Å². The molecule has 0 saturated heterocycles. The molecule has 1 aromatic rings. The molecule has 84 valence electrons. The first kappa shape index (κ1) is 12.7. The second kappa shape index (κ2) is 4.62. The minimum Gasteiger partial charge on any atom is -0.334 e. The van der Waals surface area contributed by atoms with Crippen molar-refractivity contribution in [2.24, 2.45) is 0 Å². The summed E-state index contributed by atoms with van der Waals surface area (Å²) >= 11 is 3.15. The lowest BCUT2D eigenvalue weighted by Gasteiger charge is -2.17. The van der Waals surface area contributed by atoms with Gasteiger partial charge < -0.3 is 5.32 Å². The zero-order chi connectivity index (χ0) is 12.3. The van der Waals surface area contributed by atoms with Gasteiger partial charge in [-0.2, -0.15) is 5.26 Å². The second-order valence-corrected chi connectivity index (χ2v) is 4.67. The highest BCUT2D eigenvalue weighted by atomic mass is 79.9. The van der Waals surface area contributed by atoms with Crippen molar-refractivity contribution in [1.29, 1.82) is 5.26 Å². The highest BCUT2D eigenvalue weighted by Gasteiger charge is 2.21. The van der Waals surface area contributed by atoms with Crippen molar-refractivity contribution >= 4 is 21.8 Å². The predicted molar refractivity (Wildman–Crippen MR) is 61.3 cm³/mol. The molecule has 0 heterocycles. The summed E-state index contributed by atoms with van der Waals surface area (Å²) in [4.78, 5) is 11.7. The van der Waals surface area contributed by atoms with E-state index in [4.69, 9.17) is 5.26 Å². The van der Waals surface area contributed by atoms with Crippen LogP contribution in [0, 0.1) is 17.1 Å². The Bertz CT molecular complexity index is 466. The molecule has 0 fully saturated rings. The van der Waals surface area contributed by atoms with Gasteiger partial charge in [0.1, 0.15) is 11.4 Å². The van der Waals surface area contributed by atoms with E-state index in [9.17, 15) is 9.18 Å². The third-order valence-corrected chi connectivity index (χ3v) is 2.57. The molecule has 5 heteroatoms. The van der Waals surface area contributed by atoms with E-state index in [0.717, 1.165) is 6.07 Å². The topological polar surface area (TPSA) is 52.9 Å². The first-order chi connectivity index (χ1) is 7.35. The molecule has 0 bridgehead atoms. The van der Waals surface area contributed by atoms with Crippen LogP contribution >= 0.6 is 15.9 Å². The van der Waals surface area contributed by atoms with Crippen LogP contribution in [0.15, 0.2) is 22.7 Å². The lowest BCUT2D eigenvalue weighted by molar-refractivity contribution is 0.0928. The minimum absolute atomic E-state index is 0.170. The van der Waals surface area contributed by atoms with Gasteiger partial charge in [-0.15, -0.1) is 0 Å². The second-order valence-electron chi connectivity index (χ2n) is 3.82. The maximum Gasteiger partial charge on any atom is 0.253 e. The number of carbonyl (C=O) groups excluding carboxylic acids is 1. The summed E-state index contributed by atoms with van der Waals surface area (Å²) in [5.41, 5.74) is -0.814. The van der Waals surface area contributed by atoms with E-state index < -0.39 is 17.3 Å². The number of nitrogens with one attached hydrogen (secondary N) is 1. The Morgan fingerprint density at radius 2 is 2.19 bits per heavy atom. The van der Waals surface area contributed by atoms with Crippen molar-refractivity contribution in [1.82, 2.24) is 5.32 Å². The summed E-state index contributed by atoms with van der Waals surface area (Å²) < 4.78 is 13.4. The van der Waals surface area contributed by atoms with Gasteiger partial charge >= 0.3 is 0 Å². The van der Waals surface area contributed by atoms with E-state index in [1.807, 2.05) is 6.07 Å². The molecule has 1 amide bonds. The maximum absolute atomic E-state index is 13.0. The first-order valence-corrected chi connectivity index (χ1v) is 5.34. The third-order valence-electron chi connectivity index (χ3n) is 1.88. The fourth-order valence-corrected chi connectivity index (χ4v) is 1.48. The quantitative estimate of drug-likeness (QED) is 0.908. The standard InChI is InChI=1S/C11H10BrFN2O/c1-11(2,6-14)15-10(16)8-5-7(13)3-4-9(8)12/h3-5H,1-2H3,(H,15,16). The lowest BCUT2D eigenvalue weighted by atomic mass is 10.1. The van der Waals surface area contributed by atoms with Crippen molar-refractivity contribution in [2.45, 2.75) is 19.4 Å². The van der Waals surface area contributed by atoms with Crippen molar-refractivity contribution in [3.8, 4) is 6.07 Å². The van der Waals surface area contributed by atoms with Crippen molar-refractivity contribution < 1.29 is 9.18 Å². The number of nitrogens with zero attached hydrogens (tertiary/aromatic N) is 1. The van der Waals surface area contributed by atoms with Crippen LogP contribution in [-0.2, 0) is 0 Å². The summed E-state index contributed by atoms with van der Waals surface area (Å²) in [7, 11) is 0. The van der Waals surface area contributed by atoms with Gasteiger partial charge in [0.15, 0.2) is 0 Å². The Balaban J connectivity index is 2.98. The zero-order valence-electron chi connectivity index (χ0n) is 8.84. The van der Waals surface area contributed by atoms with Gasteiger partial charge in [-0.05, 0) is 48.0 Å². The number of carbonyl (C=O) groups is 1. The van der Waals surface area contributed by atoms with Crippen LogP contribution in [0.2, 0.25) is 0 Å². The van der Waals surface area contributed by atoms with Crippen LogP contribution in [-0.4, -0.2) is 11.4 Å². The molecule has 0 aliphatic rings. The molecule has 0 aliphatic carbocycles. The predicted octanol–water partition coefficient (Wildman–Crippen LogP) is 2.62. The Kier molecular flexibility index (Phi) is 3.66. The highest BCUT2D eigenvalue weighted by molar-refractivity contribution is 9.10. The number of halogens is 2. The fourth-order valence-electron chi connectivity index (χ4n) is 1.05. The molecule has 0 radical (unpaired) electrons. The molecule has 0 unspecified atom stereocenters. The van der Waals surface area contributed by atoms with E-state index in [1.54, 1.807) is 13.8 Å². The highest BCUT2D eigenvalue weighted by Crippen LogP contribution is 2.18. The van der Waals surface area contributed by atoms with Crippen LogP contribution in [0.25, 0.3) is 0 Å². The zero-order valence-corrected chi connectivity index (χ0v) is 10.4. The van der Waals surface area contributed by atoms with E-state index in [-0.39, 0.29) is 5.56 Å². The number of nitriles is 1. The Morgan fingerprint density at radius 1 is 1.56 bits per heavy atom. The molecule has 3 nitrogen and oxygen atoms in total. The van der Waals surface area contributed by atoms with Gasteiger partial charge in [-0.1, -0.05) is 0 Å². The maximum atomic E-state index is 13.0. The molecular weight excluding hydrogens is 275 g/mol. The summed E-state index contributed by atoms with van der Waals surface area (Å²) in [5.74, 6) is -0.985. The number of benzene rings is 1. The smallest absolute Gasteiger partial charge is 0.253 e. The Hall–Kier alpha value is -1.41. The van der Waals surface area contributed by atoms with Gasteiger partial charge in [0, 0.05) is 4.47 Å². The van der Waals surface area contributed by atoms with Gasteiger partial charge in [-0.25, -0.2) is 4.39 Å². The van der Waals surface area contributed by atoms with E-state index in [0.29, 0.717) is 4.47 Å². The fraction of sp³-hybridized carbons (Fsp3) is 0.273. The summed E-state index contributed by atoms with van der Waals surface area (Å²) in [6.07, 6.45) is 0. The molecular formula is C11H10BrFN2O. The summed E-state index contributed by atoms with van der Waals surface area (Å²) in [5, 5.41) is 11.3. The number of amides is 1. The van der Waals surface area contributed by atoms with Crippen LogP contribution < -0.4 is 5.32 Å². The molecule has 0 atom stereocenters. The van der Waals surface area contributed by atoms with Gasteiger partial charge in [0.2, 0.25) is 0 Å². The lowest BCUT2D eigenvalue weighted by Crippen LogP contribution is -2.42. The molecule has 1 N–H and O–H groups in total.